The van der Waals surface area contributed by atoms with Crippen molar-refractivity contribution in [2.24, 2.45) is 0 Å². The minimum atomic E-state index is -0.234. The molecule has 0 radical (unpaired) electrons. The zero-order valence-electron chi connectivity index (χ0n) is 10.1. The van der Waals surface area contributed by atoms with Crippen LogP contribution in [0, 0.1) is 0 Å². The SMILES string of the molecule is COC(C)CC(CCl)(CCl)c1cccc(Br)c1. The van der Waals surface area contributed by atoms with Gasteiger partial charge in [-0.05, 0) is 31.0 Å². The number of rotatable bonds is 6. The molecule has 0 aliphatic rings. The van der Waals surface area contributed by atoms with Gasteiger partial charge in [0.15, 0.2) is 0 Å². The molecule has 0 aromatic heterocycles. The van der Waals surface area contributed by atoms with E-state index in [-0.39, 0.29) is 11.5 Å². The molecule has 17 heavy (non-hydrogen) atoms. The summed E-state index contributed by atoms with van der Waals surface area (Å²) in [5, 5.41) is 0. The van der Waals surface area contributed by atoms with E-state index in [1.54, 1.807) is 7.11 Å². The third-order valence-electron chi connectivity index (χ3n) is 3.03. The highest BCUT2D eigenvalue weighted by molar-refractivity contribution is 9.10. The summed E-state index contributed by atoms with van der Waals surface area (Å²) in [4.78, 5) is 0. The lowest BCUT2D eigenvalue weighted by molar-refractivity contribution is 0.0938. The molecule has 1 nitrogen and oxygen atoms in total. The zero-order chi connectivity index (χ0) is 12.9. The molecule has 1 aromatic carbocycles. The number of alkyl halides is 2. The lowest BCUT2D eigenvalue weighted by atomic mass is 9.79. The Bertz CT molecular complexity index is 353. The highest BCUT2D eigenvalue weighted by Crippen LogP contribution is 2.34. The Labute approximate surface area is 122 Å². The molecule has 0 amide bonds. The molecule has 0 spiro atoms. The highest BCUT2D eigenvalue weighted by Gasteiger charge is 2.32. The quantitative estimate of drug-likeness (QED) is 0.689. The molecule has 1 atom stereocenters. The average molecular weight is 340 g/mol. The largest absolute Gasteiger partial charge is 0.382 e. The van der Waals surface area contributed by atoms with Crippen molar-refractivity contribution >= 4 is 39.1 Å². The van der Waals surface area contributed by atoms with Gasteiger partial charge in [0.05, 0.1) is 6.10 Å². The molecule has 0 saturated carbocycles. The Balaban J connectivity index is 3.06. The second-order valence-corrected chi connectivity index (χ2v) is 5.76. The van der Waals surface area contributed by atoms with Crippen molar-refractivity contribution in [2.75, 3.05) is 18.9 Å². The summed E-state index contributed by atoms with van der Waals surface area (Å²) in [5.74, 6) is 0.974. The van der Waals surface area contributed by atoms with E-state index in [1.165, 1.54) is 0 Å². The van der Waals surface area contributed by atoms with E-state index in [0.717, 1.165) is 16.5 Å². The van der Waals surface area contributed by atoms with Crippen molar-refractivity contribution in [3.63, 3.8) is 0 Å². The van der Waals surface area contributed by atoms with Crippen molar-refractivity contribution < 1.29 is 4.74 Å². The van der Waals surface area contributed by atoms with Crippen molar-refractivity contribution in [3.05, 3.63) is 34.3 Å². The smallest absolute Gasteiger partial charge is 0.0552 e. The van der Waals surface area contributed by atoms with Gasteiger partial charge in [-0.3, -0.25) is 0 Å². The summed E-state index contributed by atoms with van der Waals surface area (Å²) in [7, 11) is 1.71. The minimum absolute atomic E-state index is 0.131. The molecule has 0 aliphatic carbocycles. The number of methoxy groups -OCH3 is 1. The first-order chi connectivity index (χ1) is 8.07. The molecule has 0 saturated heterocycles. The average Bonchev–Trinajstić information content (AvgIpc) is 2.35. The molecular formula is C13H17BrCl2O. The first kappa shape index (κ1) is 15.3. The maximum atomic E-state index is 6.16. The maximum absolute atomic E-state index is 6.16. The van der Waals surface area contributed by atoms with Gasteiger partial charge < -0.3 is 4.74 Å². The van der Waals surface area contributed by atoms with Gasteiger partial charge in [0.2, 0.25) is 0 Å². The minimum Gasteiger partial charge on any atom is -0.382 e. The Hall–Kier alpha value is 0.240. The van der Waals surface area contributed by atoms with Crippen LogP contribution in [0.2, 0.25) is 0 Å². The number of hydrogen-bond acceptors (Lipinski definition) is 1. The van der Waals surface area contributed by atoms with Gasteiger partial charge in [0, 0.05) is 28.8 Å². The van der Waals surface area contributed by atoms with Gasteiger partial charge in [-0.15, -0.1) is 23.2 Å². The number of ether oxygens (including phenoxy) is 1. The zero-order valence-corrected chi connectivity index (χ0v) is 13.1. The first-order valence-electron chi connectivity index (χ1n) is 5.49. The molecular weight excluding hydrogens is 323 g/mol. The van der Waals surface area contributed by atoms with Crippen LogP contribution in [0.5, 0.6) is 0 Å². The molecule has 4 heteroatoms. The van der Waals surface area contributed by atoms with Crippen molar-refractivity contribution in [1.82, 2.24) is 0 Å². The predicted molar refractivity (Wildman–Crippen MR) is 78.3 cm³/mol. The van der Waals surface area contributed by atoms with Crippen molar-refractivity contribution in [2.45, 2.75) is 24.9 Å². The van der Waals surface area contributed by atoms with E-state index in [0.29, 0.717) is 11.8 Å². The second kappa shape index (κ2) is 6.98. The van der Waals surface area contributed by atoms with Gasteiger partial charge in [-0.1, -0.05) is 28.1 Å². The van der Waals surface area contributed by atoms with Crippen LogP contribution in [-0.2, 0) is 10.2 Å². The van der Waals surface area contributed by atoms with E-state index >= 15 is 0 Å². The molecule has 0 fully saturated rings. The fraction of sp³-hybridized carbons (Fsp3) is 0.538. The van der Waals surface area contributed by atoms with E-state index in [1.807, 2.05) is 19.1 Å². The van der Waals surface area contributed by atoms with Crippen LogP contribution in [0.1, 0.15) is 18.9 Å². The van der Waals surface area contributed by atoms with E-state index in [4.69, 9.17) is 27.9 Å². The summed E-state index contributed by atoms with van der Waals surface area (Å²) in [6, 6.07) is 8.15. The van der Waals surface area contributed by atoms with E-state index in [9.17, 15) is 0 Å². The molecule has 0 heterocycles. The van der Waals surface area contributed by atoms with E-state index in [2.05, 4.69) is 28.1 Å². The van der Waals surface area contributed by atoms with Gasteiger partial charge in [-0.25, -0.2) is 0 Å². The molecule has 0 aliphatic heterocycles. The van der Waals surface area contributed by atoms with Crippen LogP contribution < -0.4 is 0 Å². The van der Waals surface area contributed by atoms with Crippen molar-refractivity contribution in [3.8, 4) is 0 Å². The standard InChI is InChI=1S/C13H17BrCl2O/c1-10(17-2)7-13(8-15,9-16)11-4-3-5-12(14)6-11/h3-6,10H,7-9H2,1-2H3. The van der Waals surface area contributed by atoms with Crippen LogP contribution in [0.25, 0.3) is 0 Å². The summed E-state index contributed by atoms with van der Waals surface area (Å²) in [5.41, 5.74) is 0.920. The predicted octanol–water partition coefficient (Wildman–Crippen LogP) is 4.59. The lowest BCUT2D eigenvalue weighted by Crippen LogP contribution is -2.34. The monoisotopic (exact) mass is 338 g/mol. The molecule has 1 unspecified atom stereocenters. The molecule has 1 aromatic rings. The third-order valence-corrected chi connectivity index (χ3v) is 4.55. The first-order valence-corrected chi connectivity index (χ1v) is 7.35. The Kier molecular flexibility index (Phi) is 6.28. The van der Waals surface area contributed by atoms with Gasteiger partial charge in [-0.2, -0.15) is 0 Å². The summed E-state index contributed by atoms with van der Waals surface area (Å²) >= 11 is 15.8. The van der Waals surface area contributed by atoms with Crippen LogP contribution in [0.4, 0.5) is 0 Å². The van der Waals surface area contributed by atoms with Crippen LogP contribution in [-0.4, -0.2) is 25.0 Å². The van der Waals surface area contributed by atoms with Gasteiger partial charge in [0.25, 0.3) is 0 Å². The molecule has 0 N–H and O–H groups in total. The fourth-order valence-corrected chi connectivity index (χ4v) is 3.08. The van der Waals surface area contributed by atoms with E-state index < -0.39 is 0 Å². The van der Waals surface area contributed by atoms with Crippen molar-refractivity contribution in [1.29, 1.82) is 0 Å². The topological polar surface area (TPSA) is 9.23 Å². The normalized spacial score (nSPS) is 13.7. The van der Waals surface area contributed by atoms with Gasteiger partial charge >= 0.3 is 0 Å². The molecule has 1 rings (SSSR count). The van der Waals surface area contributed by atoms with Crippen LogP contribution in [0.15, 0.2) is 28.7 Å². The molecule has 0 bridgehead atoms. The summed E-state index contributed by atoms with van der Waals surface area (Å²) in [6.07, 6.45) is 0.943. The summed E-state index contributed by atoms with van der Waals surface area (Å²) in [6.45, 7) is 2.03. The van der Waals surface area contributed by atoms with Crippen LogP contribution >= 0.6 is 39.1 Å². The highest BCUT2D eigenvalue weighted by atomic mass is 79.9. The third kappa shape index (κ3) is 3.85. The van der Waals surface area contributed by atoms with Gasteiger partial charge in [0.1, 0.15) is 0 Å². The Morgan fingerprint density at radius 2 is 2.00 bits per heavy atom. The lowest BCUT2D eigenvalue weighted by Gasteiger charge is -2.32. The second-order valence-electron chi connectivity index (χ2n) is 4.31. The number of halogens is 3. The Morgan fingerprint density at radius 1 is 1.35 bits per heavy atom. The fourth-order valence-electron chi connectivity index (χ4n) is 1.87. The maximum Gasteiger partial charge on any atom is 0.0552 e. The number of benzene rings is 1. The van der Waals surface area contributed by atoms with Crippen LogP contribution in [0.3, 0.4) is 0 Å². The summed E-state index contributed by atoms with van der Waals surface area (Å²) < 4.78 is 6.37. The molecule has 96 valence electrons. The Morgan fingerprint density at radius 3 is 2.47 bits per heavy atom. The number of hydrogen-bond donors (Lipinski definition) is 0.